The molecule has 0 aliphatic heterocycles. The molecule has 1 fully saturated rings. The Morgan fingerprint density at radius 2 is 1.95 bits per heavy atom. The summed E-state index contributed by atoms with van der Waals surface area (Å²) in [6.45, 7) is 6.67. The molecule has 2 atom stereocenters. The molecule has 4 heteroatoms. The maximum Gasteiger partial charge on any atom is 0.136 e. The van der Waals surface area contributed by atoms with Crippen molar-refractivity contribution in [1.82, 2.24) is 4.98 Å². The molecule has 0 amide bonds. The van der Waals surface area contributed by atoms with Gasteiger partial charge in [0.05, 0.1) is 5.56 Å². The van der Waals surface area contributed by atoms with E-state index in [0.717, 1.165) is 28.8 Å². The van der Waals surface area contributed by atoms with Crippen LogP contribution in [0.2, 0.25) is 0 Å². The largest absolute Gasteiger partial charge is 0.389 e. The summed E-state index contributed by atoms with van der Waals surface area (Å²) < 4.78 is 0. The Balaban J connectivity index is 2.19. The molecule has 104 valence electrons. The average Bonchev–Trinajstić information content (AvgIpc) is 2.26. The van der Waals surface area contributed by atoms with E-state index >= 15 is 0 Å². The van der Waals surface area contributed by atoms with Crippen molar-refractivity contribution in [2.45, 2.75) is 46.1 Å². The zero-order valence-corrected chi connectivity index (χ0v) is 12.8. The highest BCUT2D eigenvalue weighted by Gasteiger charge is 2.25. The number of nitrogens with zero attached hydrogens (tertiary/aromatic N) is 1. The Bertz CT molecular complexity index is 462. The van der Waals surface area contributed by atoms with Crippen LogP contribution in [0.4, 0.5) is 5.82 Å². The number of thiocarbonyl (C=S) groups is 1. The molecule has 2 unspecified atom stereocenters. The number of hydrogen-bond acceptors (Lipinski definition) is 3. The van der Waals surface area contributed by atoms with E-state index < -0.39 is 0 Å². The van der Waals surface area contributed by atoms with Crippen LogP contribution >= 0.6 is 12.2 Å². The molecular weight excluding hydrogens is 254 g/mol. The van der Waals surface area contributed by atoms with Gasteiger partial charge in [-0.2, -0.15) is 0 Å². The van der Waals surface area contributed by atoms with Crippen LogP contribution in [0.15, 0.2) is 12.3 Å². The second-order valence-electron chi connectivity index (χ2n) is 5.97. The minimum absolute atomic E-state index is 0.421. The molecule has 1 aromatic rings. The van der Waals surface area contributed by atoms with Crippen LogP contribution in [0.25, 0.3) is 0 Å². The lowest BCUT2D eigenvalue weighted by molar-refractivity contribution is 0.280. The number of hydrogen-bond donors (Lipinski definition) is 2. The summed E-state index contributed by atoms with van der Waals surface area (Å²) in [5.41, 5.74) is 7.80. The third-order valence-electron chi connectivity index (χ3n) is 3.93. The second kappa shape index (κ2) is 5.87. The van der Waals surface area contributed by atoms with E-state index in [1.165, 1.54) is 19.3 Å². The van der Waals surface area contributed by atoms with E-state index in [-0.39, 0.29) is 0 Å². The lowest BCUT2D eigenvalue weighted by Crippen LogP contribution is -2.31. The maximum absolute atomic E-state index is 5.83. The first-order valence-electron chi connectivity index (χ1n) is 6.99. The van der Waals surface area contributed by atoms with Gasteiger partial charge in [0, 0.05) is 12.2 Å². The van der Waals surface area contributed by atoms with Crippen molar-refractivity contribution in [3.05, 3.63) is 23.4 Å². The van der Waals surface area contributed by atoms with Gasteiger partial charge in [0.2, 0.25) is 0 Å². The van der Waals surface area contributed by atoms with E-state index in [0.29, 0.717) is 11.0 Å². The highest BCUT2D eigenvalue weighted by molar-refractivity contribution is 7.80. The minimum atomic E-state index is 0.421. The SMILES string of the molecule is Cc1ccnc(NC2CC(C)CC(C)C2)c1C(N)=S. The molecular formula is C15H23N3S. The van der Waals surface area contributed by atoms with Crippen LogP contribution in [-0.2, 0) is 0 Å². The van der Waals surface area contributed by atoms with Gasteiger partial charge in [0.1, 0.15) is 10.8 Å². The van der Waals surface area contributed by atoms with Crippen molar-refractivity contribution >= 4 is 23.0 Å². The molecule has 1 aliphatic carbocycles. The average molecular weight is 277 g/mol. The van der Waals surface area contributed by atoms with Gasteiger partial charge in [-0.25, -0.2) is 4.98 Å². The fraction of sp³-hybridized carbons (Fsp3) is 0.600. The molecule has 0 bridgehead atoms. The first-order chi connectivity index (χ1) is 8.97. The number of rotatable bonds is 3. The number of anilines is 1. The molecule has 0 spiro atoms. The predicted octanol–water partition coefficient (Wildman–Crippen LogP) is 3.26. The van der Waals surface area contributed by atoms with Gasteiger partial charge in [-0.15, -0.1) is 0 Å². The fourth-order valence-corrected chi connectivity index (χ4v) is 3.49. The highest BCUT2D eigenvalue weighted by atomic mass is 32.1. The van der Waals surface area contributed by atoms with E-state index in [9.17, 15) is 0 Å². The third kappa shape index (κ3) is 3.44. The van der Waals surface area contributed by atoms with Crippen molar-refractivity contribution in [2.75, 3.05) is 5.32 Å². The number of aryl methyl sites for hydroxylation is 1. The molecule has 2 rings (SSSR count). The van der Waals surface area contributed by atoms with Crippen molar-refractivity contribution in [2.24, 2.45) is 17.6 Å². The van der Waals surface area contributed by atoms with Crippen LogP contribution in [0, 0.1) is 18.8 Å². The number of nitrogens with one attached hydrogen (secondary N) is 1. The fourth-order valence-electron chi connectivity index (χ4n) is 3.24. The van der Waals surface area contributed by atoms with Crippen molar-refractivity contribution < 1.29 is 0 Å². The van der Waals surface area contributed by atoms with E-state index in [1.807, 2.05) is 19.2 Å². The van der Waals surface area contributed by atoms with Crippen LogP contribution < -0.4 is 11.1 Å². The summed E-state index contributed by atoms with van der Waals surface area (Å²) in [4.78, 5) is 4.85. The normalized spacial score (nSPS) is 27.0. The van der Waals surface area contributed by atoms with Gasteiger partial charge in [-0.3, -0.25) is 0 Å². The van der Waals surface area contributed by atoms with Gasteiger partial charge in [-0.1, -0.05) is 26.1 Å². The van der Waals surface area contributed by atoms with Gasteiger partial charge in [-0.05, 0) is 49.7 Å². The van der Waals surface area contributed by atoms with Gasteiger partial charge < -0.3 is 11.1 Å². The van der Waals surface area contributed by atoms with E-state index in [2.05, 4.69) is 24.1 Å². The monoisotopic (exact) mass is 277 g/mol. The Labute approximate surface area is 121 Å². The second-order valence-corrected chi connectivity index (χ2v) is 6.41. The van der Waals surface area contributed by atoms with Crippen molar-refractivity contribution in [3.63, 3.8) is 0 Å². The smallest absolute Gasteiger partial charge is 0.136 e. The van der Waals surface area contributed by atoms with E-state index in [4.69, 9.17) is 18.0 Å². The topological polar surface area (TPSA) is 50.9 Å². The summed E-state index contributed by atoms with van der Waals surface area (Å²) in [5.74, 6) is 2.37. The molecule has 0 aromatic carbocycles. The lowest BCUT2D eigenvalue weighted by Gasteiger charge is -2.32. The molecule has 0 saturated heterocycles. The van der Waals surface area contributed by atoms with Crippen molar-refractivity contribution in [1.29, 1.82) is 0 Å². The maximum atomic E-state index is 5.83. The van der Waals surface area contributed by atoms with Crippen LogP contribution in [0.3, 0.4) is 0 Å². The standard InChI is InChI=1S/C15H23N3S/c1-9-6-10(2)8-12(7-9)18-15-13(14(16)19)11(3)4-5-17-15/h4-5,9-10,12H,6-8H2,1-3H3,(H2,16,19)(H,17,18). The number of pyridine rings is 1. The number of nitrogens with two attached hydrogens (primary N) is 1. The van der Waals surface area contributed by atoms with Crippen molar-refractivity contribution in [3.8, 4) is 0 Å². The Kier molecular flexibility index (Phi) is 4.40. The molecule has 1 saturated carbocycles. The molecule has 3 nitrogen and oxygen atoms in total. The Hall–Kier alpha value is -1.16. The minimum Gasteiger partial charge on any atom is -0.389 e. The zero-order chi connectivity index (χ0) is 14.0. The summed E-state index contributed by atoms with van der Waals surface area (Å²) in [6, 6.07) is 2.42. The Morgan fingerprint density at radius 3 is 2.53 bits per heavy atom. The molecule has 1 heterocycles. The predicted molar refractivity (Wildman–Crippen MR) is 84.5 cm³/mol. The lowest BCUT2D eigenvalue weighted by atomic mass is 9.80. The first kappa shape index (κ1) is 14.3. The van der Waals surface area contributed by atoms with Gasteiger partial charge in [0.15, 0.2) is 0 Å². The third-order valence-corrected chi connectivity index (χ3v) is 4.13. The van der Waals surface area contributed by atoms with Crippen LogP contribution in [-0.4, -0.2) is 16.0 Å². The summed E-state index contributed by atoms with van der Waals surface area (Å²) in [6.07, 6.45) is 5.52. The van der Waals surface area contributed by atoms with E-state index in [1.54, 1.807) is 0 Å². The Morgan fingerprint density at radius 1 is 1.32 bits per heavy atom. The van der Waals surface area contributed by atoms with Crippen LogP contribution in [0.5, 0.6) is 0 Å². The molecule has 0 radical (unpaired) electrons. The quantitative estimate of drug-likeness (QED) is 0.833. The zero-order valence-electron chi connectivity index (χ0n) is 11.9. The van der Waals surface area contributed by atoms with Crippen LogP contribution in [0.1, 0.15) is 44.2 Å². The summed E-state index contributed by atoms with van der Waals surface area (Å²) in [5, 5.41) is 3.55. The van der Waals surface area contributed by atoms with Gasteiger partial charge in [0.25, 0.3) is 0 Å². The van der Waals surface area contributed by atoms with Gasteiger partial charge >= 0.3 is 0 Å². The molecule has 19 heavy (non-hydrogen) atoms. The first-order valence-corrected chi connectivity index (χ1v) is 7.40. The number of aromatic nitrogens is 1. The molecule has 1 aromatic heterocycles. The highest BCUT2D eigenvalue weighted by Crippen LogP contribution is 2.31. The molecule has 3 N–H and O–H groups in total. The molecule has 1 aliphatic rings. The summed E-state index contributed by atoms with van der Waals surface area (Å²) >= 11 is 5.15. The summed E-state index contributed by atoms with van der Waals surface area (Å²) in [7, 11) is 0.